The van der Waals surface area contributed by atoms with E-state index in [0.717, 1.165) is 0 Å². The molecule has 8 nitrogen and oxygen atoms in total. The molecule has 1 aliphatic heterocycles. The minimum Gasteiger partial charge on any atom is -0.478 e. The highest BCUT2D eigenvalue weighted by Crippen LogP contribution is 2.34. The van der Waals surface area contributed by atoms with Crippen molar-refractivity contribution in [2.75, 3.05) is 17.4 Å². The molecule has 0 aliphatic carbocycles. The predicted octanol–water partition coefficient (Wildman–Crippen LogP) is 3.62. The Morgan fingerprint density at radius 2 is 1.37 bits per heavy atom. The summed E-state index contributed by atoms with van der Waals surface area (Å²) in [5.41, 5.74) is 0.840. The fourth-order valence-corrected chi connectivity index (χ4v) is 3.02. The summed E-state index contributed by atoms with van der Waals surface area (Å²) >= 11 is 0. The zero-order valence-corrected chi connectivity index (χ0v) is 15.5. The number of nitrogens with one attached hydrogen (secondary N) is 2. The van der Waals surface area contributed by atoms with E-state index in [2.05, 4.69) is 10.6 Å². The average molecular weight is 404 g/mol. The molecule has 1 heterocycles. The van der Waals surface area contributed by atoms with E-state index in [9.17, 15) is 19.5 Å². The van der Waals surface area contributed by atoms with Gasteiger partial charge in [-0.1, -0.05) is 24.3 Å². The van der Waals surface area contributed by atoms with Crippen LogP contribution < -0.4 is 20.1 Å². The lowest BCUT2D eigenvalue weighted by Gasteiger charge is -2.12. The van der Waals surface area contributed by atoms with Crippen LogP contribution in [-0.2, 0) is 0 Å². The Hall–Kier alpha value is -4.33. The quantitative estimate of drug-likeness (QED) is 0.599. The minimum atomic E-state index is -1.21. The van der Waals surface area contributed by atoms with Crippen molar-refractivity contribution >= 4 is 29.2 Å². The summed E-state index contributed by atoms with van der Waals surface area (Å²) in [6.45, 7) is 0.124. The largest absolute Gasteiger partial charge is 0.478 e. The molecule has 0 spiro atoms. The molecule has 1 aliphatic rings. The number of hydrogen-bond acceptors (Lipinski definition) is 5. The molecule has 2 amide bonds. The second kappa shape index (κ2) is 7.96. The number of para-hydroxylation sites is 1. The third-order valence-corrected chi connectivity index (χ3v) is 4.45. The molecule has 0 saturated heterocycles. The summed E-state index contributed by atoms with van der Waals surface area (Å²) in [6, 6.07) is 17.3. The SMILES string of the molecule is O=C(Nc1ccc2c(c1)OCO2)c1ccccc1NC(=O)c1ccccc1C(=O)O. The molecule has 3 aromatic rings. The van der Waals surface area contributed by atoms with Crippen LogP contribution in [0.25, 0.3) is 0 Å². The summed E-state index contributed by atoms with van der Waals surface area (Å²) < 4.78 is 10.6. The number of anilines is 2. The molecule has 3 aromatic carbocycles. The van der Waals surface area contributed by atoms with Gasteiger partial charge >= 0.3 is 5.97 Å². The van der Waals surface area contributed by atoms with E-state index in [1.165, 1.54) is 18.2 Å². The lowest BCUT2D eigenvalue weighted by Crippen LogP contribution is -2.20. The Balaban J connectivity index is 1.56. The molecule has 8 heteroatoms. The van der Waals surface area contributed by atoms with Crippen molar-refractivity contribution < 1.29 is 29.0 Å². The van der Waals surface area contributed by atoms with E-state index in [-0.39, 0.29) is 29.2 Å². The van der Waals surface area contributed by atoms with Crippen LogP contribution in [0.4, 0.5) is 11.4 Å². The van der Waals surface area contributed by atoms with Crippen LogP contribution in [0.2, 0.25) is 0 Å². The smallest absolute Gasteiger partial charge is 0.336 e. The molecule has 0 aromatic heterocycles. The van der Waals surface area contributed by atoms with Gasteiger partial charge in [0.25, 0.3) is 11.8 Å². The number of carbonyl (C=O) groups excluding carboxylic acids is 2. The van der Waals surface area contributed by atoms with Gasteiger partial charge in [0.1, 0.15) is 0 Å². The number of fused-ring (bicyclic) bond motifs is 1. The number of amides is 2. The van der Waals surface area contributed by atoms with Crippen molar-refractivity contribution in [3.8, 4) is 11.5 Å². The fraction of sp³-hybridized carbons (Fsp3) is 0.0455. The van der Waals surface area contributed by atoms with Crippen molar-refractivity contribution in [2.45, 2.75) is 0 Å². The van der Waals surface area contributed by atoms with Gasteiger partial charge in [-0.3, -0.25) is 9.59 Å². The molecule has 0 bridgehead atoms. The van der Waals surface area contributed by atoms with Gasteiger partial charge in [-0.2, -0.15) is 0 Å². The van der Waals surface area contributed by atoms with Gasteiger partial charge in [0.15, 0.2) is 11.5 Å². The van der Waals surface area contributed by atoms with E-state index in [4.69, 9.17) is 9.47 Å². The summed E-state index contributed by atoms with van der Waals surface area (Å²) in [5, 5.41) is 14.7. The van der Waals surface area contributed by atoms with Crippen molar-refractivity contribution in [1.29, 1.82) is 0 Å². The Morgan fingerprint density at radius 1 is 0.733 bits per heavy atom. The first-order valence-corrected chi connectivity index (χ1v) is 8.96. The molecular weight excluding hydrogens is 388 g/mol. The summed E-state index contributed by atoms with van der Waals surface area (Å²) in [7, 11) is 0. The van der Waals surface area contributed by atoms with Crippen LogP contribution in [0, 0.1) is 0 Å². The molecule has 30 heavy (non-hydrogen) atoms. The normalized spacial score (nSPS) is 11.6. The maximum atomic E-state index is 12.8. The van der Waals surface area contributed by atoms with Crippen LogP contribution in [0.5, 0.6) is 11.5 Å². The maximum absolute atomic E-state index is 12.8. The number of ether oxygens (including phenoxy) is 2. The van der Waals surface area contributed by atoms with Crippen LogP contribution in [-0.4, -0.2) is 29.7 Å². The van der Waals surface area contributed by atoms with Crippen LogP contribution in [0.15, 0.2) is 66.7 Å². The molecule has 150 valence electrons. The number of hydrogen-bond donors (Lipinski definition) is 3. The van der Waals surface area contributed by atoms with Gasteiger partial charge < -0.3 is 25.2 Å². The van der Waals surface area contributed by atoms with E-state index < -0.39 is 17.8 Å². The highest BCUT2D eigenvalue weighted by molar-refractivity contribution is 6.14. The van der Waals surface area contributed by atoms with Crippen molar-refractivity contribution in [3.05, 3.63) is 83.4 Å². The maximum Gasteiger partial charge on any atom is 0.336 e. The third kappa shape index (κ3) is 3.79. The van der Waals surface area contributed by atoms with Gasteiger partial charge in [0.05, 0.1) is 22.4 Å². The molecule has 4 rings (SSSR count). The van der Waals surface area contributed by atoms with Gasteiger partial charge in [0, 0.05) is 11.8 Å². The van der Waals surface area contributed by atoms with E-state index in [1.54, 1.807) is 48.5 Å². The molecule has 0 radical (unpaired) electrons. The zero-order chi connectivity index (χ0) is 21.1. The van der Waals surface area contributed by atoms with Gasteiger partial charge in [-0.15, -0.1) is 0 Å². The number of benzene rings is 3. The molecule has 0 saturated carbocycles. The Kier molecular flexibility index (Phi) is 5.04. The summed E-state index contributed by atoms with van der Waals surface area (Å²) in [6.07, 6.45) is 0. The topological polar surface area (TPSA) is 114 Å². The van der Waals surface area contributed by atoms with Crippen molar-refractivity contribution in [2.24, 2.45) is 0 Å². The van der Waals surface area contributed by atoms with E-state index in [1.807, 2.05) is 0 Å². The second-order valence-corrected chi connectivity index (χ2v) is 6.37. The lowest BCUT2D eigenvalue weighted by molar-refractivity contribution is 0.0692. The predicted molar refractivity (Wildman–Crippen MR) is 108 cm³/mol. The van der Waals surface area contributed by atoms with Crippen molar-refractivity contribution in [3.63, 3.8) is 0 Å². The van der Waals surface area contributed by atoms with Gasteiger partial charge in [-0.25, -0.2) is 4.79 Å². The number of carboxylic acids is 1. The molecule has 0 atom stereocenters. The van der Waals surface area contributed by atoms with Gasteiger partial charge in [-0.05, 0) is 36.4 Å². The number of aromatic carboxylic acids is 1. The Labute approximate surface area is 171 Å². The summed E-state index contributed by atoms with van der Waals surface area (Å²) in [4.78, 5) is 36.8. The lowest BCUT2D eigenvalue weighted by atomic mass is 10.1. The first kappa shape index (κ1) is 19.0. The Morgan fingerprint density at radius 3 is 2.13 bits per heavy atom. The standard InChI is InChI=1S/C22H16N2O6/c25-20(14-5-1-2-6-15(14)22(27)28)24-17-8-4-3-7-16(17)21(26)23-13-9-10-18-19(11-13)30-12-29-18/h1-11H,12H2,(H,23,26)(H,24,25)(H,27,28). The number of rotatable bonds is 5. The molecule has 0 unspecified atom stereocenters. The number of carbonyl (C=O) groups is 3. The zero-order valence-electron chi connectivity index (χ0n) is 15.5. The monoisotopic (exact) mass is 404 g/mol. The Bertz CT molecular complexity index is 1160. The first-order chi connectivity index (χ1) is 14.5. The van der Waals surface area contributed by atoms with E-state index >= 15 is 0 Å². The van der Waals surface area contributed by atoms with Gasteiger partial charge in [0.2, 0.25) is 6.79 Å². The molecule has 3 N–H and O–H groups in total. The highest BCUT2D eigenvalue weighted by Gasteiger charge is 2.19. The number of carboxylic acid groups (broad SMARTS) is 1. The molecule has 0 fully saturated rings. The average Bonchev–Trinajstić information content (AvgIpc) is 3.22. The van der Waals surface area contributed by atoms with Crippen LogP contribution >= 0.6 is 0 Å². The summed E-state index contributed by atoms with van der Waals surface area (Å²) in [5.74, 6) is -1.17. The molecular formula is C22H16N2O6. The van der Waals surface area contributed by atoms with E-state index in [0.29, 0.717) is 17.2 Å². The van der Waals surface area contributed by atoms with Crippen LogP contribution in [0.3, 0.4) is 0 Å². The first-order valence-electron chi connectivity index (χ1n) is 8.96. The van der Waals surface area contributed by atoms with Crippen molar-refractivity contribution in [1.82, 2.24) is 0 Å². The third-order valence-electron chi connectivity index (χ3n) is 4.45. The fourth-order valence-electron chi connectivity index (χ4n) is 3.02. The highest BCUT2D eigenvalue weighted by atomic mass is 16.7. The minimum absolute atomic E-state index is 0.00372. The van der Waals surface area contributed by atoms with Crippen LogP contribution in [0.1, 0.15) is 31.1 Å². The second-order valence-electron chi connectivity index (χ2n) is 6.37.